The van der Waals surface area contributed by atoms with Gasteiger partial charge in [-0.25, -0.2) is 4.79 Å². The summed E-state index contributed by atoms with van der Waals surface area (Å²) < 4.78 is 55.3. The second-order valence-electron chi connectivity index (χ2n) is 10.3. The number of hydrogen-bond acceptors (Lipinski definition) is 9. The minimum Gasteiger partial charge on any atom is -0.439 e. The lowest BCUT2D eigenvalue weighted by Crippen LogP contribution is -2.37. The highest BCUT2D eigenvalue weighted by atomic mass is 16.6. The Kier molecular flexibility index (Phi) is 10.3. The molecule has 11 nitrogen and oxygen atoms in total. The van der Waals surface area contributed by atoms with Crippen molar-refractivity contribution < 1.29 is 45.3 Å². The van der Waals surface area contributed by atoms with Gasteiger partial charge in [0.2, 0.25) is 11.6 Å². The number of ketones is 2. The minimum absolute atomic E-state index is 0.121. The van der Waals surface area contributed by atoms with E-state index in [9.17, 15) is 24.3 Å². The van der Waals surface area contributed by atoms with Gasteiger partial charge in [-0.1, -0.05) is 44.2 Å². The normalized spacial score (nSPS) is 33.5. The van der Waals surface area contributed by atoms with E-state index < -0.39 is 84.6 Å². The topological polar surface area (TPSA) is 166 Å². The van der Waals surface area contributed by atoms with Crippen LogP contribution >= 0.6 is 0 Å². The number of fused-ring (bicyclic) bond motifs is 2. The number of carbonyl (C=O) groups is 4. The Labute approximate surface area is 254 Å². The monoisotopic (exact) mass is 590 g/mol. The molecule has 2 bridgehead atoms. The first-order valence-corrected chi connectivity index (χ1v) is 13.4. The lowest BCUT2D eigenvalue weighted by molar-refractivity contribution is -0.120. The number of aliphatic hydroxyl groups excluding tert-OH is 1. The zero-order chi connectivity index (χ0) is 35.8. The summed E-state index contributed by atoms with van der Waals surface area (Å²) in [6, 6.07) is -1.06. The van der Waals surface area contributed by atoms with Gasteiger partial charge >= 0.3 is 6.09 Å². The number of carbonyl (C=O) groups excluding carboxylic acids is 4. The molecular weight excluding hydrogens is 542 g/mol. The summed E-state index contributed by atoms with van der Waals surface area (Å²) in [4.78, 5) is 51.9. The predicted octanol–water partition coefficient (Wildman–Crippen LogP) is 2.54. The van der Waals surface area contributed by atoms with Crippen LogP contribution in [-0.4, -0.2) is 73.8 Å². The molecule has 2 rings (SSSR count). The van der Waals surface area contributed by atoms with E-state index in [0.717, 1.165) is 6.08 Å². The van der Waals surface area contributed by atoms with Crippen molar-refractivity contribution in [2.75, 3.05) is 20.7 Å². The molecule has 0 fully saturated rings. The zero-order valence-electron chi connectivity index (χ0n) is 29.6. The quantitative estimate of drug-likeness (QED) is 0.269. The van der Waals surface area contributed by atoms with Gasteiger partial charge in [-0.05, 0) is 38.2 Å². The summed E-state index contributed by atoms with van der Waals surface area (Å²) in [6.07, 6.45) is 2.15. The summed E-state index contributed by atoms with van der Waals surface area (Å²) in [5.41, 5.74) is 4.91. The van der Waals surface area contributed by atoms with E-state index in [1.807, 2.05) is 0 Å². The molecule has 0 saturated heterocycles. The predicted molar refractivity (Wildman–Crippen MR) is 158 cm³/mol. The maximum Gasteiger partial charge on any atom is 0.405 e. The fourth-order valence-electron chi connectivity index (χ4n) is 4.82. The molecule has 230 valence electrons. The number of hydrogen-bond donors (Lipinski definition) is 4. The van der Waals surface area contributed by atoms with E-state index in [0.29, 0.717) is 5.57 Å². The van der Waals surface area contributed by atoms with E-state index in [-0.39, 0.29) is 29.7 Å². The molecule has 2 aliphatic rings. The Hall–Kier alpha value is -3.80. The van der Waals surface area contributed by atoms with Gasteiger partial charge in [0.05, 0.1) is 30.5 Å². The highest BCUT2D eigenvalue weighted by Crippen LogP contribution is 2.28. The van der Waals surface area contributed by atoms with Crippen molar-refractivity contribution in [3.8, 4) is 0 Å². The first kappa shape index (κ1) is 27.1. The number of amides is 2. The van der Waals surface area contributed by atoms with Crippen molar-refractivity contribution in [3.05, 3.63) is 71.1 Å². The SMILES string of the molecule is [2H]C([2H])=C([2H])C([2H])([2H])NC1=C2C[C@@H](C)C[C@H](OC)[C@H](O)[C@@H](C)/C=C(\C)[C@H](OC(N)=O)C(OC)/C=C\C=C(/C)C(=O)NC(=CC1=O)C2=O. The summed E-state index contributed by atoms with van der Waals surface area (Å²) in [5, 5.41) is 15.9. The Morgan fingerprint density at radius 3 is 2.64 bits per heavy atom. The number of methoxy groups -OCH3 is 2. The molecule has 11 heteroatoms. The second-order valence-corrected chi connectivity index (χ2v) is 10.3. The van der Waals surface area contributed by atoms with Gasteiger partial charge in [-0.3, -0.25) is 14.4 Å². The van der Waals surface area contributed by atoms with Gasteiger partial charge in [0.25, 0.3) is 5.91 Å². The molecule has 1 aliphatic heterocycles. The van der Waals surface area contributed by atoms with E-state index >= 15 is 0 Å². The molecule has 5 N–H and O–H groups in total. The smallest absolute Gasteiger partial charge is 0.405 e. The number of aliphatic hydroxyl groups is 1. The molecule has 1 heterocycles. The Morgan fingerprint density at radius 2 is 2.02 bits per heavy atom. The Bertz CT molecular complexity index is 1430. The van der Waals surface area contributed by atoms with Crippen molar-refractivity contribution in [2.24, 2.45) is 17.6 Å². The third kappa shape index (κ3) is 9.10. The highest BCUT2D eigenvalue weighted by molar-refractivity contribution is 6.23. The van der Waals surface area contributed by atoms with E-state index in [1.165, 1.54) is 39.4 Å². The highest BCUT2D eigenvalue weighted by Gasteiger charge is 2.33. The van der Waals surface area contributed by atoms with E-state index in [2.05, 4.69) is 10.6 Å². The first-order chi connectivity index (χ1) is 21.8. The van der Waals surface area contributed by atoms with Gasteiger partial charge in [-0.2, -0.15) is 0 Å². The van der Waals surface area contributed by atoms with Crippen LogP contribution in [-0.2, 0) is 28.6 Å². The lowest BCUT2D eigenvalue weighted by atomic mass is 9.85. The number of ether oxygens (including phenoxy) is 3. The molecular formula is C31H43N3O8. The van der Waals surface area contributed by atoms with E-state index in [1.54, 1.807) is 26.8 Å². The van der Waals surface area contributed by atoms with Crippen molar-refractivity contribution in [1.29, 1.82) is 0 Å². The van der Waals surface area contributed by atoms with E-state index in [4.69, 9.17) is 26.8 Å². The van der Waals surface area contributed by atoms with Crippen molar-refractivity contribution in [2.45, 2.75) is 65.0 Å². The second kappa shape index (κ2) is 16.0. The van der Waals surface area contributed by atoms with Crippen LogP contribution in [0.2, 0.25) is 0 Å². The number of Topliss-reactive ketones (excluding diaryl/α,β-unsaturated/α-hetero) is 1. The molecule has 0 aromatic rings. The van der Waals surface area contributed by atoms with Gasteiger partial charge in [-0.15, -0.1) is 6.53 Å². The number of nitrogens with one attached hydrogen (secondary N) is 2. The molecule has 42 heavy (non-hydrogen) atoms. The largest absolute Gasteiger partial charge is 0.439 e. The maximum atomic E-state index is 13.7. The van der Waals surface area contributed by atoms with Crippen LogP contribution in [0.15, 0.2) is 71.1 Å². The number of primary amides is 1. The standard InChI is InChI=1S/C31H43N3O8/c1-8-12-33-26-21-13-17(2)14-25(41-7)27(36)19(4)15-20(5)29(42-31(32)39)24(40-6)11-9-10-18(3)30(38)34-22(28(21)37)16-23(26)35/h8-11,15-17,19,24-25,27,29,33,36H,1,12-14H2,2-7H3,(H2,32,39)(H,34,38)/b11-9-,18-10+,20-15+/t17-,19+,24?,25+,27-,29+/m1/s1/i1D2,8D,12D2. The van der Waals surface area contributed by atoms with Gasteiger partial charge in [0, 0.05) is 43.9 Å². The molecule has 0 saturated carbocycles. The zero-order valence-corrected chi connectivity index (χ0v) is 24.6. The first-order valence-electron chi connectivity index (χ1n) is 15.9. The van der Waals surface area contributed by atoms with Crippen LogP contribution in [0.1, 0.15) is 47.4 Å². The maximum absolute atomic E-state index is 13.7. The van der Waals surface area contributed by atoms with Crippen LogP contribution in [0.4, 0.5) is 4.79 Å². The summed E-state index contributed by atoms with van der Waals surface area (Å²) in [5.74, 6) is -3.41. The molecule has 1 unspecified atom stereocenters. The molecule has 1 aliphatic carbocycles. The van der Waals surface area contributed by atoms with Gasteiger partial charge < -0.3 is 35.7 Å². The number of rotatable bonds is 6. The molecule has 6 atom stereocenters. The minimum atomic E-state index is -2.86. The Balaban J connectivity index is 2.71. The lowest BCUT2D eigenvalue weighted by Gasteiger charge is -2.30. The fraction of sp³-hybridized carbons (Fsp3) is 0.484. The van der Waals surface area contributed by atoms with Crippen LogP contribution in [0, 0.1) is 11.8 Å². The molecule has 0 radical (unpaired) electrons. The van der Waals surface area contributed by atoms with Gasteiger partial charge in [0.1, 0.15) is 6.10 Å². The average Bonchev–Trinajstić information content (AvgIpc) is 2.99. The Morgan fingerprint density at radius 1 is 1.31 bits per heavy atom. The molecule has 0 spiro atoms. The van der Waals surface area contributed by atoms with Crippen LogP contribution < -0.4 is 16.4 Å². The molecule has 0 aromatic carbocycles. The van der Waals surface area contributed by atoms with Gasteiger partial charge in [0.15, 0.2) is 6.10 Å². The summed E-state index contributed by atoms with van der Waals surface area (Å²) >= 11 is 0. The molecule has 2 amide bonds. The van der Waals surface area contributed by atoms with Crippen LogP contribution in [0.3, 0.4) is 0 Å². The van der Waals surface area contributed by atoms with Crippen molar-refractivity contribution in [1.82, 2.24) is 10.6 Å². The van der Waals surface area contributed by atoms with Crippen LogP contribution in [0.25, 0.3) is 0 Å². The number of nitrogens with two attached hydrogens (primary N) is 1. The third-order valence-corrected chi connectivity index (χ3v) is 7.04. The third-order valence-electron chi connectivity index (χ3n) is 7.04. The number of allylic oxidation sites excluding steroid dienone is 4. The molecule has 0 aromatic heterocycles. The summed E-state index contributed by atoms with van der Waals surface area (Å²) in [6.45, 7) is 2.60. The average molecular weight is 591 g/mol. The van der Waals surface area contributed by atoms with Crippen molar-refractivity contribution in [3.63, 3.8) is 0 Å². The summed E-state index contributed by atoms with van der Waals surface area (Å²) in [7, 11) is 2.78. The fourth-order valence-corrected chi connectivity index (χ4v) is 4.82. The van der Waals surface area contributed by atoms with Crippen LogP contribution in [0.5, 0.6) is 0 Å². The van der Waals surface area contributed by atoms with Crippen molar-refractivity contribution >= 4 is 23.6 Å².